The lowest BCUT2D eigenvalue weighted by Gasteiger charge is -2.13. The molecule has 0 aliphatic rings. The summed E-state index contributed by atoms with van der Waals surface area (Å²) in [6.45, 7) is 1.35. The fourth-order valence-electron chi connectivity index (χ4n) is 1.41. The lowest BCUT2D eigenvalue weighted by molar-refractivity contribution is -0.123. The van der Waals surface area contributed by atoms with Crippen molar-refractivity contribution < 1.29 is 14.7 Å². The molecule has 2 unspecified atom stereocenters. The molecule has 6 N–H and O–H groups in total. The maximum Gasteiger partial charge on any atom is 0.327 e. The number of urea groups is 1. The number of aromatic nitrogens is 4. The van der Waals surface area contributed by atoms with Gasteiger partial charge in [0.2, 0.25) is 5.91 Å². The number of nitrogens with zero attached hydrogens (tertiary/aromatic N) is 3. The van der Waals surface area contributed by atoms with E-state index in [1.807, 2.05) is 5.32 Å². The summed E-state index contributed by atoms with van der Waals surface area (Å²) in [4.78, 5) is 37.5. The number of carbonyl (C=O) groups excluding carboxylic acids is 2. The molecule has 2 aromatic rings. The molecule has 0 bridgehead atoms. The Labute approximate surface area is 112 Å². The van der Waals surface area contributed by atoms with Gasteiger partial charge in [0.25, 0.3) is 0 Å². The number of H-pyrrole nitrogens is 1. The summed E-state index contributed by atoms with van der Waals surface area (Å²) >= 11 is 0. The van der Waals surface area contributed by atoms with Gasteiger partial charge in [0.15, 0.2) is 11.5 Å². The predicted molar refractivity (Wildman–Crippen MR) is 68.5 cm³/mol. The fourth-order valence-corrected chi connectivity index (χ4v) is 1.41. The second-order valence-corrected chi connectivity index (χ2v) is 4.03. The molecule has 0 radical (unpaired) electrons. The molecule has 20 heavy (non-hydrogen) atoms. The third kappa shape index (κ3) is 2.87. The first-order valence-electron chi connectivity index (χ1n) is 5.68. The van der Waals surface area contributed by atoms with Gasteiger partial charge >= 0.3 is 6.03 Å². The summed E-state index contributed by atoms with van der Waals surface area (Å²) in [5.41, 5.74) is 6.19. The number of hydrogen-bond donors (Lipinski definition) is 5. The Kier molecular flexibility index (Phi) is 3.86. The van der Waals surface area contributed by atoms with Crippen LogP contribution in [0.15, 0.2) is 12.7 Å². The number of rotatable bonds is 3. The van der Waals surface area contributed by atoms with Crippen molar-refractivity contribution in [1.82, 2.24) is 25.3 Å². The average molecular weight is 279 g/mol. The Hall–Kier alpha value is -2.59. The number of anilines is 1. The average Bonchev–Trinajstić information content (AvgIpc) is 2.86. The van der Waals surface area contributed by atoms with Gasteiger partial charge in [-0.05, 0) is 6.92 Å². The number of aliphatic hydroxyl groups excluding tert-OH is 1. The molecule has 0 aliphatic heterocycles. The maximum absolute atomic E-state index is 11.6. The molecule has 10 heteroatoms. The van der Waals surface area contributed by atoms with E-state index in [-0.39, 0.29) is 5.82 Å². The fraction of sp³-hybridized carbons (Fsp3) is 0.300. The highest BCUT2D eigenvalue weighted by molar-refractivity contribution is 6.04. The van der Waals surface area contributed by atoms with Crippen molar-refractivity contribution in [3.05, 3.63) is 12.7 Å². The standard InChI is InChI=1S/C10H13N7O3/c1-4(18)5(11)9(19)17-10(20)16-8-6-7(13-2-12-6)14-3-15-8/h2-5,18H,11H2,1H3,(H3,12,13,14,15,16,17,19,20). The molecule has 0 fully saturated rings. The first-order valence-corrected chi connectivity index (χ1v) is 5.68. The molecule has 0 saturated heterocycles. The lowest BCUT2D eigenvalue weighted by atomic mass is 10.2. The van der Waals surface area contributed by atoms with Gasteiger partial charge in [0, 0.05) is 0 Å². The minimum atomic E-state index is -1.20. The topological polar surface area (TPSA) is 159 Å². The van der Waals surface area contributed by atoms with Gasteiger partial charge in [-0.1, -0.05) is 0 Å². The summed E-state index contributed by atoms with van der Waals surface area (Å²) in [7, 11) is 0. The van der Waals surface area contributed by atoms with Crippen molar-refractivity contribution in [3.63, 3.8) is 0 Å². The van der Waals surface area contributed by atoms with E-state index in [4.69, 9.17) is 10.8 Å². The molecule has 2 heterocycles. The van der Waals surface area contributed by atoms with Crippen LogP contribution in [0.5, 0.6) is 0 Å². The van der Waals surface area contributed by atoms with Gasteiger partial charge < -0.3 is 15.8 Å². The molecule has 0 aromatic carbocycles. The quantitative estimate of drug-likeness (QED) is 0.467. The number of fused-ring (bicyclic) bond motifs is 1. The van der Waals surface area contributed by atoms with E-state index in [9.17, 15) is 9.59 Å². The summed E-state index contributed by atoms with van der Waals surface area (Å²) in [6.07, 6.45) is 1.56. The van der Waals surface area contributed by atoms with Crippen molar-refractivity contribution >= 4 is 28.9 Å². The number of amides is 3. The van der Waals surface area contributed by atoms with Gasteiger partial charge in [-0.15, -0.1) is 0 Å². The van der Waals surface area contributed by atoms with Crippen molar-refractivity contribution in [1.29, 1.82) is 0 Å². The number of nitrogens with one attached hydrogen (secondary N) is 3. The normalized spacial score (nSPS) is 13.8. The van der Waals surface area contributed by atoms with Gasteiger partial charge in [0.05, 0.1) is 12.4 Å². The second kappa shape index (κ2) is 5.59. The van der Waals surface area contributed by atoms with Gasteiger partial charge in [0.1, 0.15) is 17.9 Å². The van der Waals surface area contributed by atoms with E-state index >= 15 is 0 Å². The molecule has 0 saturated carbocycles. The van der Waals surface area contributed by atoms with E-state index in [1.54, 1.807) is 0 Å². The summed E-state index contributed by atoms with van der Waals surface area (Å²) in [6, 6.07) is -2.01. The Morgan fingerprint density at radius 3 is 2.85 bits per heavy atom. The third-order valence-corrected chi connectivity index (χ3v) is 2.51. The SMILES string of the molecule is CC(O)C(N)C(=O)NC(=O)Nc1ncnc2nc[nH]c12. The Morgan fingerprint density at radius 1 is 1.40 bits per heavy atom. The Bertz CT molecular complexity index is 639. The largest absolute Gasteiger partial charge is 0.391 e. The third-order valence-electron chi connectivity index (χ3n) is 2.51. The monoisotopic (exact) mass is 279 g/mol. The summed E-state index contributed by atoms with van der Waals surface area (Å²) in [5.74, 6) is -0.629. The van der Waals surface area contributed by atoms with Crippen molar-refractivity contribution in [2.24, 2.45) is 5.73 Å². The van der Waals surface area contributed by atoms with Crippen LogP contribution >= 0.6 is 0 Å². The van der Waals surface area contributed by atoms with Crippen LogP contribution in [0.25, 0.3) is 11.2 Å². The zero-order valence-electron chi connectivity index (χ0n) is 10.5. The van der Waals surface area contributed by atoms with Crippen LogP contribution in [0.3, 0.4) is 0 Å². The number of aromatic amines is 1. The predicted octanol–water partition coefficient (Wildman–Crippen LogP) is -1.29. The maximum atomic E-state index is 11.6. The number of imidazole rings is 1. The van der Waals surface area contributed by atoms with Gasteiger partial charge in [-0.2, -0.15) is 0 Å². The van der Waals surface area contributed by atoms with E-state index in [0.717, 1.165) is 0 Å². The minimum Gasteiger partial charge on any atom is -0.391 e. The van der Waals surface area contributed by atoms with Crippen molar-refractivity contribution in [2.75, 3.05) is 5.32 Å². The van der Waals surface area contributed by atoms with Crippen LogP contribution in [-0.2, 0) is 4.79 Å². The zero-order valence-corrected chi connectivity index (χ0v) is 10.5. The number of nitrogens with two attached hydrogens (primary N) is 1. The van der Waals surface area contributed by atoms with Crippen LogP contribution in [0.2, 0.25) is 0 Å². The summed E-state index contributed by atoms with van der Waals surface area (Å²) < 4.78 is 0. The molecular weight excluding hydrogens is 266 g/mol. The Balaban J connectivity index is 2.05. The van der Waals surface area contributed by atoms with Crippen LogP contribution in [-0.4, -0.2) is 49.1 Å². The molecule has 2 aromatic heterocycles. The molecule has 0 spiro atoms. The zero-order chi connectivity index (χ0) is 14.7. The molecule has 2 rings (SSSR count). The first-order chi connectivity index (χ1) is 9.49. The first kappa shape index (κ1) is 13.8. The van der Waals surface area contributed by atoms with E-state index in [2.05, 4.69) is 25.3 Å². The number of aliphatic hydroxyl groups is 1. The van der Waals surface area contributed by atoms with Crippen molar-refractivity contribution in [3.8, 4) is 0 Å². The van der Waals surface area contributed by atoms with Crippen molar-refractivity contribution in [2.45, 2.75) is 19.1 Å². The minimum absolute atomic E-state index is 0.170. The molecule has 106 valence electrons. The number of carbonyl (C=O) groups is 2. The van der Waals surface area contributed by atoms with E-state index < -0.39 is 24.1 Å². The molecule has 10 nitrogen and oxygen atoms in total. The molecular formula is C10H13N7O3. The van der Waals surface area contributed by atoms with E-state index in [0.29, 0.717) is 11.2 Å². The molecule has 3 amide bonds. The van der Waals surface area contributed by atoms with Crippen LogP contribution < -0.4 is 16.4 Å². The molecule has 2 atom stereocenters. The highest BCUT2D eigenvalue weighted by atomic mass is 16.3. The summed E-state index contributed by atoms with van der Waals surface area (Å²) in [5, 5.41) is 13.5. The molecule has 0 aliphatic carbocycles. The lowest BCUT2D eigenvalue weighted by Crippen LogP contribution is -2.50. The second-order valence-electron chi connectivity index (χ2n) is 4.03. The van der Waals surface area contributed by atoms with E-state index in [1.165, 1.54) is 19.6 Å². The highest BCUT2D eigenvalue weighted by Crippen LogP contribution is 2.13. The number of hydrogen-bond acceptors (Lipinski definition) is 7. The van der Waals surface area contributed by atoms with Gasteiger partial charge in [-0.25, -0.2) is 19.7 Å². The van der Waals surface area contributed by atoms with Crippen LogP contribution in [0.4, 0.5) is 10.6 Å². The smallest absolute Gasteiger partial charge is 0.327 e. The van der Waals surface area contributed by atoms with Crippen LogP contribution in [0, 0.1) is 0 Å². The van der Waals surface area contributed by atoms with Crippen LogP contribution in [0.1, 0.15) is 6.92 Å². The highest BCUT2D eigenvalue weighted by Gasteiger charge is 2.21. The number of imide groups is 1. The Morgan fingerprint density at radius 2 is 2.15 bits per heavy atom. The van der Waals surface area contributed by atoms with Gasteiger partial charge in [-0.3, -0.25) is 15.4 Å².